The molecule has 1 aromatic carbocycles. The van der Waals surface area contributed by atoms with Gasteiger partial charge in [0.1, 0.15) is 0 Å². The van der Waals surface area contributed by atoms with E-state index in [2.05, 4.69) is 4.98 Å². The monoisotopic (exact) mass is 231 g/mol. The van der Waals surface area contributed by atoms with Gasteiger partial charge in [-0.25, -0.2) is 4.98 Å². The predicted octanol–water partition coefficient (Wildman–Crippen LogP) is 1.78. The Morgan fingerprint density at radius 2 is 2.12 bits per heavy atom. The number of hydrogen-bond donors (Lipinski definition) is 2. The lowest BCUT2D eigenvalue weighted by molar-refractivity contribution is 0.0292. The Hall–Kier alpha value is -1.55. The maximum absolute atomic E-state index is 9.52. The number of anilines is 1. The summed E-state index contributed by atoms with van der Waals surface area (Å²) >= 11 is 0. The lowest BCUT2D eigenvalue weighted by Gasteiger charge is -2.40. The molecule has 17 heavy (non-hydrogen) atoms. The second-order valence-electron chi connectivity index (χ2n) is 5.06. The number of nitrogen functional groups attached to an aromatic ring is 1. The van der Waals surface area contributed by atoms with Gasteiger partial charge in [0.05, 0.1) is 17.6 Å². The van der Waals surface area contributed by atoms with E-state index in [9.17, 15) is 5.11 Å². The Labute approximate surface area is 100 Å². The van der Waals surface area contributed by atoms with E-state index in [0.717, 1.165) is 30.4 Å². The van der Waals surface area contributed by atoms with Gasteiger partial charge in [-0.05, 0) is 25.0 Å². The van der Waals surface area contributed by atoms with E-state index < -0.39 is 0 Å². The SMILES string of the molecule is Nc1nc2ccccc2n1CC1(CO)CCC1. The number of nitrogens with zero attached hydrogens (tertiary/aromatic N) is 2. The minimum absolute atomic E-state index is 0.0254. The first kappa shape index (κ1) is 10.6. The van der Waals surface area contributed by atoms with Gasteiger partial charge in [0, 0.05) is 12.0 Å². The number of rotatable bonds is 3. The van der Waals surface area contributed by atoms with Crippen LogP contribution in [0.3, 0.4) is 0 Å². The van der Waals surface area contributed by atoms with Crippen molar-refractivity contribution in [2.75, 3.05) is 12.3 Å². The second-order valence-corrected chi connectivity index (χ2v) is 5.06. The maximum Gasteiger partial charge on any atom is 0.201 e. The molecule has 1 aromatic heterocycles. The van der Waals surface area contributed by atoms with Gasteiger partial charge in [-0.3, -0.25) is 0 Å². The van der Waals surface area contributed by atoms with Gasteiger partial charge < -0.3 is 15.4 Å². The number of aliphatic hydroxyl groups is 1. The molecule has 0 bridgehead atoms. The number of aliphatic hydroxyl groups excluding tert-OH is 1. The van der Waals surface area contributed by atoms with Gasteiger partial charge in [-0.2, -0.15) is 0 Å². The summed E-state index contributed by atoms with van der Waals surface area (Å²) in [6.07, 6.45) is 3.36. The summed E-state index contributed by atoms with van der Waals surface area (Å²) in [7, 11) is 0. The average Bonchev–Trinajstić information content (AvgIpc) is 2.60. The summed E-state index contributed by atoms with van der Waals surface area (Å²) in [5.41, 5.74) is 7.98. The fourth-order valence-electron chi connectivity index (χ4n) is 2.64. The smallest absolute Gasteiger partial charge is 0.201 e. The minimum atomic E-state index is 0.0254. The van der Waals surface area contributed by atoms with Crippen LogP contribution in [0.25, 0.3) is 11.0 Å². The van der Waals surface area contributed by atoms with Crippen molar-refractivity contribution in [1.82, 2.24) is 9.55 Å². The highest BCUT2D eigenvalue weighted by atomic mass is 16.3. The molecule has 1 fully saturated rings. The third-order valence-corrected chi connectivity index (χ3v) is 3.93. The van der Waals surface area contributed by atoms with Gasteiger partial charge in [0.25, 0.3) is 0 Å². The molecular formula is C13H17N3O. The van der Waals surface area contributed by atoms with E-state index in [1.165, 1.54) is 6.42 Å². The van der Waals surface area contributed by atoms with E-state index in [1.54, 1.807) is 0 Å². The van der Waals surface area contributed by atoms with Gasteiger partial charge >= 0.3 is 0 Å². The van der Waals surface area contributed by atoms with Gasteiger partial charge in [-0.15, -0.1) is 0 Å². The quantitative estimate of drug-likeness (QED) is 0.846. The molecule has 4 heteroatoms. The summed E-state index contributed by atoms with van der Waals surface area (Å²) in [5, 5.41) is 9.52. The highest BCUT2D eigenvalue weighted by Gasteiger charge is 2.37. The molecule has 90 valence electrons. The summed E-state index contributed by atoms with van der Waals surface area (Å²) in [4.78, 5) is 4.35. The van der Waals surface area contributed by atoms with Crippen molar-refractivity contribution in [2.45, 2.75) is 25.8 Å². The summed E-state index contributed by atoms with van der Waals surface area (Å²) in [6, 6.07) is 7.95. The van der Waals surface area contributed by atoms with Crippen LogP contribution in [0.15, 0.2) is 24.3 Å². The van der Waals surface area contributed by atoms with Crippen molar-refractivity contribution in [3.8, 4) is 0 Å². The summed E-state index contributed by atoms with van der Waals surface area (Å²) in [5.74, 6) is 0.547. The van der Waals surface area contributed by atoms with Crippen LogP contribution in [0.5, 0.6) is 0 Å². The van der Waals surface area contributed by atoms with Crippen molar-refractivity contribution in [2.24, 2.45) is 5.41 Å². The Bertz CT molecular complexity index is 537. The van der Waals surface area contributed by atoms with E-state index in [0.29, 0.717) is 5.95 Å². The average molecular weight is 231 g/mol. The van der Waals surface area contributed by atoms with E-state index >= 15 is 0 Å². The molecule has 1 heterocycles. The largest absolute Gasteiger partial charge is 0.396 e. The number of aromatic nitrogens is 2. The van der Waals surface area contributed by atoms with E-state index in [1.807, 2.05) is 28.8 Å². The molecule has 4 nitrogen and oxygen atoms in total. The molecule has 0 saturated heterocycles. The molecule has 1 saturated carbocycles. The maximum atomic E-state index is 9.52. The van der Waals surface area contributed by atoms with Gasteiger partial charge in [-0.1, -0.05) is 18.6 Å². The van der Waals surface area contributed by atoms with E-state index in [4.69, 9.17) is 5.73 Å². The van der Waals surface area contributed by atoms with Crippen molar-refractivity contribution in [1.29, 1.82) is 0 Å². The summed E-state index contributed by atoms with van der Waals surface area (Å²) in [6.45, 7) is 1.01. The first-order valence-corrected chi connectivity index (χ1v) is 6.06. The molecule has 0 radical (unpaired) electrons. The van der Waals surface area contributed by atoms with Crippen molar-refractivity contribution in [3.63, 3.8) is 0 Å². The van der Waals surface area contributed by atoms with Crippen LogP contribution in [0.2, 0.25) is 0 Å². The van der Waals surface area contributed by atoms with Crippen LogP contribution in [-0.4, -0.2) is 21.3 Å². The lowest BCUT2D eigenvalue weighted by atomic mass is 9.69. The molecule has 0 unspecified atom stereocenters. The molecule has 0 aliphatic heterocycles. The normalized spacial score (nSPS) is 18.2. The Kier molecular flexibility index (Phi) is 2.33. The molecule has 0 amide bonds. The number of benzene rings is 1. The molecule has 3 rings (SSSR count). The van der Waals surface area contributed by atoms with Crippen LogP contribution >= 0.6 is 0 Å². The van der Waals surface area contributed by atoms with E-state index in [-0.39, 0.29) is 12.0 Å². The standard InChI is InChI=1S/C13H17N3O/c14-12-15-10-4-1-2-5-11(10)16(12)8-13(9-17)6-3-7-13/h1-2,4-5,17H,3,6-9H2,(H2,14,15). The van der Waals surface area contributed by atoms with Gasteiger partial charge in [0.15, 0.2) is 0 Å². The number of nitrogens with two attached hydrogens (primary N) is 1. The first-order valence-electron chi connectivity index (χ1n) is 6.06. The molecule has 3 N–H and O–H groups in total. The van der Waals surface area contributed by atoms with Crippen LogP contribution in [0, 0.1) is 5.41 Å². The predicted molar refractivity (Wildman–Crippen MR) is 67.5 cm³/mol. The minimum Gasteiger partial charge on any atom is -0.396 e. The van der Waals surface area contributed by atoms with Crippen LogP contribution < -0.4 is 5.73 Å². The zero-order valence-electron chi connectivity index (χ0n) is 9.76. The number of imidazole rings is 1. The lowest BCUT2D eigenvalue weighted by Crippen LogP contribution is -2.37. The number of fused-ring (bicyclic) bond motifs is 1. The molecule has 0 atom stereocenters. The Morgan fingerprint density at radius 1 is 1.35 bits per heavy atom. The summed E-state index contributed by atoms with van der Waals surface area (Å²) < 4.78 is 2.03. The molecule has 2 aromatic rings. The fraction of sp³-hybridized carbons (Fsp3) is 0.462. The highest BCUT2D eigenvalue weighted by molar-refractivity contribution is 5.78. The Morgan fingerprint density at radius 3 is 2.76 bits per heavy atom. The van der Waals surface area contributed by atoms with Crippen LogP contribution in [-0.2, 0) is 6.54 Å². The number of hydrogen-bond acceptors (Lipinski definition) is 3. The third-order valence-electron chi connectivity index (χ3n) is 3.93. The van der Waals surface area contributed by atoms with Crippen molar-refractivity contribution in [3.05, 3.63) is 24.3 Å². The Balaban J connectivity index is 2.02. The molecular weight excluding hydrogens is 214 g/mol. The molecule has 1 aliphatic rings. The first-order chi connectivity index (χ1) is 8.24. The topological polar surface area (TPSA) is 64.1 Å². The highest BCUT2D eigenvalue weighted by Crippen LogP contribution is 2.42. The zero-order chi connectivity index (χ0) is 11.9. The number of para-hydroxylation sites is 2. The van der Waals surface area contributed by atoms with Gasteiger partial charge in [0.2, 0.25) is 5.95 Å². The second kappa shape index (κ2) is 3.74. The van der Waals surface area contributed by atoms with Crippen molar-refractivity contribution < 1.29 is 5.11 Å². The zero-order valence-corrected chi connectivity index (χ0v) is 9.76. The molecule has 1 aliphatic carbocycles. The van der Waals surface area contributed by atoms with Crippen molar-refractivity contribution >= 4 is 17.0 Å². The molecule has 0 spiro atoms. The fourth-order valence-corrected chi connectivity index (χ4v) is 2.64. The third kappa shape index (κ3) is 1.60. The van der Waals surface area contributed by atoms with Crippen LogP contribution in [0.1, 0.15) is 19.3 Å². The van der Waals surface area contributed by atoms with Crippen LogP contribution in [0.4, 0.5) is 5.95 Å².